The van der Waals surface area contributed by atoms with Gasteiger partial charge in [-0.1, -0.05) is 6.07 Å². The Morgan fingerprint density at radius 2 is 2.05 bits per heavy atom. The molecule has 2 unspecified atom stereocenters. The SMILES string of the molecule is COC1CCCC(OCc2cc(F)ccc2CN)C1. The number of benzene rings is 1. The lowest BCUT2D eigenvalue weighted by molar-refractivity contribution is -0.0365. The van der Waals surface area contributed by atoms with E-state index in [4.69, 9.17) is 15.2 Å². The molecule has 0 bridgehead atoms. The van der Waals surface area contributed by atoms with Gasteiger partial charge in [0.2, 0.25) is 0 Å². The van der Waals surface area contributed by atoms with Crippen LogP contribution >= 0.6 is 0 Å². The van der Waals surface area contributed by atoms with Gasteiger partial charge in [-0.05, 0) is 48.9 Å². The molecule has 0 radical (unpaired) electrons. The highest BCUT2D eigenvalue weighted by Gasteiger charge is 2.22. The number of ether oxygens (including phenoxy) is 2. The zero-order valence-electron chi connectivity index (χ0n) is 11.4. The number of nitrogens with two attached hydrogens (primary N) is 1. The van der Waals surface area contributed by atoms with E-state index in [0.29, 0.717) is 19.3 Å². The van der Waals surface area contributed by atoms with Gasteiger partial charge in [0.1, 0.15) is 5.82 Å². The fourth-order valence-electron chi connectivity index (χ4n) is 2.60. The minimum Gasteiger partial charge on any atom is -0.381 e. The summed E-state index contributed by atoms with van der Waals surface area (Å²) in [5.41, 5.74) is 7.45. The third-order valence-electron chi connectivity index (χ3n) is 3.77. The molecule has 0 spiro atoms. The Morgan fingerprint density at radius 1 is 1.26 bits per heavy atom. The Balaban J connectivity index is 1.92. The number of rotatable bonds is 5. The van der Waals surface area contributed by atoms with Crippen LogP contribution in [0.4, 0.5) is 4.39 Å². The standard InChI is InChI=1S/C15H22FNO2/c1-18-14-3-2-4-15(8-14)19-10-12-7-13(16)6-5-11(12)9-17/h5-7,14-15H,2-4,8-10,17H2,1H3. The molecule has 4 heteroatoms. The van der Waals surface area contributed by atoms with Crippen molar-refractivity contribution >= 4 is 0 Å². The quantitative estimate of drug-likeness (QED) is 0.892. The zero-order valence-corrected chi connectivity index (χ0v) is 11.4. The monoisotopic (exact) mass is 267 g/mol. The minimum atomic E-state index is -0.241. The normalized spacial score (nSPS) is 23.5. The second kappa shape index (κ2) is 6.98. The van der Waals surface area contributed by atoms with Gasteiger partial charge in [-0.15, -0.1) is 0 Å². The molecule has 106 valence electrons. The predicted molar refractivity (Wildman–Crippen MR) is 72.1 cm³/mol. The fraction of sp³-hybridized carbons (Fsp3) is 0.600. The third-order valence-corrected chi connectivity index (χ3v) is 3.77. The van der Waals surface area contributed by atoms with E-state index in [-0.39, 0.29) is 11.9 Å². The molecule has 1 aliphatic rings. The summed E-state index contributed by atoms with van der Waals surface area (Å²) in [6.07, 6.45) is 4.69. The van der Waals surface area contributed by atoms with Crippen molar-refractivity contribution in [2.24, 2.45) is 5.73 Å². The number of methoxy groups -OCH3 is 1. The van der Waals surface area contributed by atoms with Crippen LogP contribution in [-0.2, 0) is 22.6 Å². The van der Waals surface area contributed by atoms with Crippen LogP contribution in [-0.4, -0.2) is 19.3 Å². The number of halogens is 1. The van der Waals surface area contributed by atoms with Crippen molar-refractivity contribution in [2.75, 3.05) is 7.11 Å². The van der Waals surface area contributed by atoms with E-state index < -0.39 is 0 Å². The maximum absolute atomic E-state index is 13.2. The summed E-state index contributed by atoms with van der Waals surface area (Å²) in [5, 5.41) is 0. The minimum absolute atomic E-state index is 0.201. The summed E-state index contributed by atoms with van der Waals surface area (Å²) < 4.78 is 24.5. The molecule has 0 amide bonds. The van der Waals surface area contributed by atoms with Gasteiger partial charge in [-0.25, -0.2) is 4.39 Å². The zero-order chi connectivity index (χ0) is 13.7. The Hall–Kier alpha value is -0.970. The van der Waals surface area contributed by atoms with Crippen molar-refractivity contribution in [1.29, 1.82) is 0 Å². The molecule has 1 aromatic rings. The van der Waals surface area contributed by atoms with Gasteiger partial charge in [0.05, 0.1) is 18.8 Å². The summed E-state index contributed by atoms with van der Waals surface area (Å²) in [7, 11) is 1.74. The number of hydrogen-bond acceptors (Lipinski definition) is 3. The van der Waals surface area contributed by atoms with E-state index in [1.54, 1.807) is 13.2 Å². The van der Waals surface area contributed by atoms with Gasteiger partial charge < -0.3 is 15.2 Å². The van der Waals surface area contributed by atoms with Gasteiger partial charge in [-0.3, -0.25) is 0 Å². The Morgan fingerprint density at radius 3 is 2.79 bits per heavy atom. The van der Waals surface area contributed by atoms with Gasteiger partial charge in [-0.2, -0.15) is 0 Å². The van der Waals surface area contributed by atoms with E-state index in [9.17, 15) is 4.39 Å². The molecule has 19 heavy (non-hydrogen) atoms. The molecule has 1 saturated carbocycles. The van der Waals surface area contributed by atoms with E-state index in [2.05, 4.69) is 0 Å². The predicted octanol–water partition coefficient (Wildman–Crippen LogP) is 2.76. The summed E-state index contributed by atoms with van der Waals surface area (Å²) in [5.74, 6) is -0.241. The molecule has 2 N–H and O–H groups in total. The van der Waals surface area contributed by atoms with Crippen molar-refractivity contribution < 1.29 is 13.9 Å². The summed E-state index contributed by atoms with van der Waals surface area (Å²) in [4.78, 5) is 0. The van der Waals surface area contributed by atoms with Crippen LogP contribution in [0.2, 0.25) is 0 Å². The van der Waals surface area contributed by atoms with Crippen molar-refractivity contribution in [3.05, 3.63) is 35.1 Å². The molecule has 2 rings (SSSR count). The van der Waals surface area contributed by atoms with Crippen LogP contribution in [0.15, 0.2) is 18.2 Å². The average Bonchev–Trinajstić information content (AvgIpc) is 2.45. The van der Waals surface area contributed by atoms with E-state index >= 15 is 0 Å². The van der Waals surface area contributed by atoms with Crippen LogP contribution in [0.25, 0.3) is 0 Å². The molecular weight excluding hydrogens is 245 g/mol. The summed E-state index contributed by atoms with van der Waals surface area (Å²) >= 11 is 0. The lowest BCUT2D eigenvalue weighted by Gasteiger charge is -2.28. The first-order chi connectivity index (χ1) is 9.22. The van der Waals surface area contributed by atoms with Crippen molar-refractivity contribution in [3.63, 3.8) is 0 Å². The highest BCUT2D eigenvalue weighted by atomic mass is 19.1. The van der Waals surface area contributed by atoms with E-state index in [0.717, 1.165) is 36.8 Å². The highest BCUT2D eigenvalue weighted by Crippen LogP contribution is 2.24. The molecule has 1 fully saturated rings. The Bertz CT molecular complexity index is 411. The molecule has 0 aromatic heterocycles. The molecule has 0 saturated heterocycles. The molecule has 2 atom stereocenters. The topological polar surface area (TPSA) is 44.5 Å². The first kappa shape index (κ1) is 14.4. The highest BCUT2D eigenvalue weighted by molar-refractivity contribution is 5.27. The van der Waals surface area contributed by atoms with E-state index in [1.165, 1.54) is 12.1 Å². The van der Waals surface area contributed by atoms with Crippen LogP contribution in [0.1, 0.15) is 36.8 Å². The van der Waals surface area contributed by atoms with Crippen LogP contribution in [0, 0.1) is 5.82 Å². The first-order valence-corrected chi connectivity index (χ1v) is 6.84. The van der Waals surface area contributed by atoms with Gasteiger partial charge >= 0.3 is 0 Å². The number of hydrogen-bond donors (Lipinski definition) is 1. The van der Waals surface area contributed by atoms with Crippen LogP contribution < -0.4 is 5.73 Å². The smallest absolute Gasteiger partial charge is 0.123 e. The molecule has 1 aliphatic carbocycles. The second-order valence-electron chi connectivity index (χ2n) is 5.07. The second-order valence-corrected chi connectivity index (χ2v) is 5.07. The molecule has 0 heterocycles. The first-order valence-electron chi connectivity index (χ1n) is 6.84. The summed E-state index contributed by atoms with van der Waals surface area (Å²) in [6, 6.07) is 4.68. The maximum Gasteiger partial charge on any atom is 0.123 e. The maximum atomic E-state index is 13.2. The molecule has 1 aromatic carbocycles. The lowest BCUT2D eigenvalue weighted by atomic mass is 9.95. The van der Waals surface area contributed by atoms with Crippen molar-refractivity contribution in [1.82, 2.24) is 0 Å². The largest absolute Gasteiger partial charge is 0.381 e. The van der Waals surface area contributed by atoms with Crippen LogP contribution in [0.3, 0.4) is 0 Å². The van der Waals surface area contributed by atoms with E-state index in [1.807, 2.05) is 0 Å². The lowest BCUT2D eigenvalue weighted by Crippen LogP contribution is -2.27. The fourth-order valence-corrected chi connectivity index (χ4v) is 2.60. The van der Waals surface area contributed by atoms with Crippen molar-refractivity contribution in [3.8, 4) is 0 Å². The summed E-state index contributed by atoms with van der Waals surface area (Å²) in [6.45, 7) is 0.829. The third kappa shape index (κ3) is 4.00. The van der Waals surface area contributed by atoms with Gasteiger partial charge in [0.15, 0.2) is 0 Å². The van der Waals surface area contributed by atoms with Gasteiger partial charge in [0, 0.05) is 13.7 Å². The molecule has 0 aliphatic heterocycles. The van der Waals surface area contributed by atoms with Gasteiger partial charge in [0.25, 0.3) is 0 Å². The average molecular weight is 267 g/mol. The van der Waals surface area contributed by atoms with Crippen LogP contribution in [0.5, 0.6) is 0 Å². The molecular formula is C15H22FNO2. The Labute approximate surface area is 113 Å². The van der Waals surface area contributed by atoms with Crippen molar-refractivity contribution in [2.45, 2.75) is 51.0 Å². The molecule has 3 nitrogen and oxygen atoms in total. The Kier molecular flexibility index (Phi) is 5.31.